The SMILES string of the molecule is COC(=O)C1=C(C)N[C@H](c2ccccc2[N+](=O)[O-])N[C@@H]1c1cccc([N+](=O)[O-])c1. The van der Waals surface area contributed by atoms with Crippen LogP contribution in [0.25, 0.3) is 0 Å². The Bertz CT molecular complexity index is 1020. The van der Waals surface area contributed by atoms with Crippen LogP contribution in [-0.4, -0.2) is 22.9 Å². The van der Waals surface area contributed by atoms with Crippen molar-refractivity contribution in [3.8, 4) is 0 Å². The molecule has 2 aromatic carbocycles. The largest absolute Gasteiger partial charge is 0.466 e. The first kappa shape index (κ1) is 20.0. The number of hydrogen-bond donors (Lipinski definition) is 2. The predicted molar refractivity (Wildman–Crippen MR) is 103 cm³/mol. The van der Waals surface area contributed by atoms with E-state index in [-0.39, 0.29) is 16.9 Å². The zero-order valence-electron chi connectivity index (χ0n) is 15.6. The van der Waals surface area contributed by atoms with Gasteiger partial charge in [-0.25, -0.2) is 4.79 Å². The summed E-state index contributed by atoms with van der Waals surface area (Å²) in [7, 11) is 1.24. The van der Waals surface area contributed by atoms with Gasteiger partial charge in [0, 0.05) is 23.9 Å². The molecule has 10 nitrogen and oxygen atoms in total. The number of nitro benzene ring substituents is 2. The zero-order chi connectivity index (χ0) is 21.1. The van der Waals surface area contributed by atoms with Gasteiger partial charge in [-0.3, -0.25) is 25.5 Å². The fraction of sp³-hybridized carbons (Fsp3) is 0.211. The Morgan fingerprint density at radius 2 is 1.79 bits per heavy atom. The Labute approximate surface area is 165 Å². The average molecular weight is 398 g/mol. The summed E-state index contributed by atoms with van der Waals surface area (Å²) in [6, 6.07) is 11.3. The van der Waals surface area contributed by atoms with E-state index < -0.39 is 28.0 Å². The minimum atomic E-state index is -0.770. The van der Waals surface area contributed by atoms with Crippen molar-refractivity contribution in [2.24, 2.45) is 0 Å². The van der Waals surface area contributed by atoms with Crippen LogP contribution in [0.2, 0.25) is 0 Å². The lowest BCUT2D eigenvalue weighted by atomic mass is 9.93. The molecule has 10 heteroatoms. The van der Waals surface area contributed by atoms with Gasteiger partial charge >= 0.3 is 5.97 Å². The molecule has 0 fully saturated rings. The van der Waals surface area contributed by atoms with E-state index in [2.05, 4.69) is 10.6 Å². The normalized spacial score (nSPS) is 18.7. The van der Waals surface area contributed by atoms with Gasteiger partial charge in [0.25, 0.3) is 11.4 Å². The van der Waals surface area contributed by atoms with Gasteiger partial charge in [-0.1, -0.05) is 24.3 Å². The van der Waals surface area contributed by atoms with Crippen LogP contribution in [0.5, 0.6) is 0 Å². The maximum atomic E-state index is 12.4. The molecule has 0 aromatic heterocycles. The highest BCUT2D eigenvalue weighted by Crippen LogP contribution is 2.35. The standard InChI is InChI=1S/C19H18N4O6/c1-11-16(19(24)29-2)17(12-6-5-7-13(10-12)22(25)26)21-18(20-11)14-8-3-4-9-15(14)23(27)28/h3-10,17-18,20-21H,1-2H3/t17-,18+/m1/s1. The Hall–Kier alpha value is -3.79. The highest BCUT2D eigenvalue weighted by molar-refractivity contribution is 5.91. The van der Waals surface area contributed by atoms with Crippen LogP contribution in [0.15, 0.2) is 59.8 Å². The van der Waals surface area contributed by atoms with Crippen molar-refractivity contribution < 1.29 is 19.4 Å². The van der Waals surface area contributed by atoms with Crippen molar-refractivity contribution in [1.82, 2.24) is 10.6 Å². The lowest BCUT2D eigenvalue weighted by Crippen LogP contribution is -2.44. The first-order valence-corrected chi connectivity index (χ1v) is 8.62. The van der Waals surface area contributed by atoms with Gasteiger partial charge in [0.15, 0.2) is 0 Å². The maximum Gasteiger partial charge on any atom is 0.337 e. The Morgan fingerprint density at radius 1 is 1.07 bits per heavy atom. The Balaban J connectivity index is 2.11. The van der Waals surface area contributed by atoms with Gasteiger partial charge in [-0.2, -0.15) is 0 Å². The van der Waals surface area contributed by atoms with Gasteiger partial charge in [-0.05, 0) is 18.6 Å². The molecule has 0 radical (unpaired) electrons. The van der Waals surface area contributed by atoms with Crippen molar-refractivity contribution >= 4 is 17.3 Å². The average Bonchev–Trinajstić information content (AvgIpc) is 2.72. The lowest BCUT2D eigenvalue weighted by molar-refractivity contribution is -0.385. The lowest BCUT2D eigenvalue weighted by Gasteiger charge is -2.35. The van der Waals surface area contributed by atoms with E-state index in [1.807, 2.05) is 0 Å². The maximum absolute atomic E-state index is 12.4. The van der Waals surface area contributed by atoms with Gasteiger partial charge in [0.1, 0.15) is 6.17 Å². The fourth-order valence-electron chi connectivity index (χ4n) is 3.33. The van der Waals surface area contributed by atoms with Gasteiger partial charge in [0.05, 0.1) is 34.1 Å². The van der Waals surface area contributed by atoms with E-state index in [1.54, 1.807) is 31.2 Å². The second-order valence-electron chi connectivity index (χ2n) is 6.38. The number of carbonyl (C=O) groups is 1. The molecule has 2 N–H and O–H groups in total. The second-order valence-corrected chi connectivity index (χ2v) is 6.38. The minimum Gasteiger partial charge on any atom is -0.466 e. The molecular formula is C19H18N4O6. The number of para-hydroxylation sites is 1. The number of benzene rings is 2. The summed E-state index contributed by atoms with van der Waals surface area (Å²) in [5.41, 5.74) is 1.30. The molecule has 1 aliphatic heterocycles. The van der Waals surface area contributed by atoms with Crippen molar-refractivity contribution in [2.45, 2.75) is 19.1 Å². The number of hydrogen-bond acceptors (Lipinski definition) is 8. The fourth-order valence-corrected chi connectivity index (χ4v) is 3.33. The van der Waals surface area contributed by atoms with Crippen LogP contribution in [0, 0.1) is 20.2 Å². The van der Waals surface area contributed by atoms with E-state index in [9.17, 15) is 25.0 Å². The van der Waals surface area contributed by atoms with Crippen molar-refractivity contribution in [2.75, 3.05) is 7.11 Å². The van der Waals surface area contributed by atoms with E-state index in [4.69, 9.17) is 4.74 Å². The van der Waals surface area contributed by atoms with Crippen LogP contribution in [0.3, 0.4) is 0 Å². The first-order valence-electron chi connectivity index (χ1n) is 8.62. The smallest absolute Gasteiger partial charge is 0.337 e. The molecule has 2 atom stereocenters. The van der Waals surface area contributed by atoms with Crippen LogP contribution in [0.1, 0.15) is 30.3 Å². The Kier molecular flexibility index (Phi) is 5.55. The molecule has 0 saturated heterocycles. The number of non-ortho nitro benzene ring substituents is 1. The third kappa shape index (κ3) is 3.92. The molecule has 0 spiro atoms. The van der Waals surface area contributed by atoms with Gasteiger partial charge in [-0.15, -0.1) is 0 Å². The third-order valence-corrected chi connectivity index (χ3v) is 4.65. The van der Waals surface area contributed by atoms with E-state index in [0.717, 1.165) is 0 Å². The van der Waals surface area contributed by atoms with Crippen LogP contribution in [0.4, 0.5) is 11.4 Å². The van der Waals surface area contributed by atoms with E-state index in [0.29, 0.717) is 16.8 Å². The number of carbonyl (C=O) groups excluding carboxylic acids is 1. The molecule has 0 saturated carbocycles. The molecule has 0 bridgehead atoms. The molecule has 3 rings (SSSR count). The zero-order valence-corrected chi connectivity index (χ0v) is 15.6. The van der Waals surface area contributed by atoms with Gasteiger partial charge < -0.3 is 10.1 Å². The summed E-state index contributed by atoms with van der Waals surface area (Å²) in [6.07, 6.45) is -0.700. The van der Waals surface area contributed by atoms with E-state index in [1.165, 1.54) is 31.4 Å². The molecular weight excluding hydrogens is 380 g/mol. The number of esters is 1. The molecule has 1 heterocycles. The summed E-state index contributed by atoms with van der Waals surface area (Å²) in [5.74, 6) is -0.611. The Morgan fingerprint density at radius 3 is 2.45 bits per heavy atom. The van der Waals surface area contributed by atoms with Crippen LogP contribution >= 0.6 is 0 Å². The molecule has 2 aromatic rings. The minimum absolute atomic E-state index is 0.0930. The van der Waals surface area contributed by atoms with Crippen LogP contribution < -0.4 is 10.6 Å². The number of nitrogens with zero attached hydrogens (tertiary/aromatic N) is 2. The highest BCUT2D eigenvalue weighted by Gasteiger charge is 2.35. The summed E-state index contributed by atoms with van der Waals surface area (Å²) in [4.78, 5) is 34.0. The number of methoxy groups -OCH3 is 1. The first-order chi connectivity index (χ1) is 13.8. The van der Waals surface area contributed by atoms with E-state index >= 15 is 0 Å². The predicted octanol–water partition coefficient (Wildman–Crippen LogP) is 2.88. The summed E-state index contributed by atoms with van der Waals surface area (Å²) in [5, 5.41) is 28.8. The third-order valence-electron chi connectivity index (χ3n) is 4.65. The molecule has 150 valence electrons. The van der Waals surface area contributed by atoms with Crippen molar-refractivity contribution in [1.29, 1.82) is 0 Å². The monoisotopic (exact) mass is 398 g/mol. The second kappa shape index (κ2) is 8.07. The quantitative estimate of drug-likeness (QED) is 0.446. The number of ether oxygens (including phenoxy) is 1. The summed E-state index contributed by atoms with van der Waals surface area (Å²) in [6.45, 7) is 1.65. The molecule has 29 heavy (non-hydrogen) atoms. The topological polar surface area (TPSA) is 137 Å². The summed E-state index contributed by atoms with van der Waals surface area (Å²) >= 11 is 0. The van der Waals surface area contributed by atoms with Crippen LogP contribution in [-0.2, 0) is 9.53 Å². The molecule has 0 amide bonds. The summed E-state index contributed by atoms with van der Waals surface area (Å²) < 4.78 is 4.87. The molecule has 1 aliphatic rings. The van der Waals surface area contributed by atoms with Gasteiger partial charge in [0.2, 0.25) is 0 Å². The number of rotatable bonds is 5. The molecule has 0 aliphatic carbocycles. The highest BCUT2D eigenvalue weighted by atomic mass is 16.6. The molecule has 0 unspecified atom stereocenters. The van der Waals surface area contributed by atoms with Crippen molar-refractivity contribution in [3.05, 3.63) is 91.2 Å². The van der Waals surface area contributed by atoms with Crippen molar-refractivity contribution in [3.63, 3.8) is 0 Å². The number of nitro groups is 2. The number of nitrogens with one attached hydrogen (secondary N) is 2. The number of allylic oxidation sites excluding steroid dienone is 1.